The van der Waals surface area contributed by atoms with Crippen molar-refractivity contribution in [2.24, 2.45) is 0 Å². The van der Waals surface area contributed by atoms with Crippen molar-refractivity contribution in [2.75, 3.05) is 6.61 Å². The third-order valence-corrected chi connectivity index (χ3v) is 6.06. The summed E-state index contributed by atoms with van der Waals surface area (Å²) in [6, 6.07) is 9.74. The molecule has 4 rings (SSSR count). The monoisotopic (exact) mass is 458 g/mol. The van der Waals surface area contributed by atoms with E-state index in [-0.39, 0.29) is 12.4 Å². The molecule has 0 aliphatic heterocycles. The maximum absolute atomic E-state index is 12.8. The zero-order chi connectivity index (χ0) is 23.4. The molecule has 7 heteroatoms. The van der Waals surface area contributed by atoms with Gasteiger partial charge < -0.3 is 9.30 Å². The average Bonchev–Trinajstić information content (AvgIpc) is 3.55. The number of hydrogen-bond donors (Lipinski definition) is 0. The molecule has 33 heavy (non-hydrogen) atoms. The van der Waals surface area contributed by atoms with E-state index in [0.29, 0.717) is 36.7 Å². The Balaban J connectivity index is 1.51. The number of esters is 1. The molecule has 1 fully saturated rings. The molecule has 0 amide bonds. The molecule has 1 aliphatic carbocycles. The highest BCUT2D eigenvalue weighted by Gasteiger charge is 2.27. The summed E-state index contributed by atoms with van der Waals surface area (Å²) in [7, 11) is 0. The number of nitrogens with zero attached hydrogens (tertiary/aromatic N) is 2. The van der Waals surface area contributed by atoms with Gasteiger partial charge in [0.2, 0.25) is 0 Å². The van der Waals surface area contributed by atoms with Gasteiger partial charge in [0, 0.05) is 37.3 Å². The van der Waals surface area contributed by atoms with Crippen molar-refractivity contribution in [1.82, 2.24) is 9.55 Å². The lowest BCUT2D eigenvalue weighted by atomic mass is 10.0. The van der Waals surface area contributed by atoms with Crippen LogP contribution in [-0.2, 0) is 17.7 Å². The van der Waals surface area contributed by atoms with Crippen LogP contribution in [-0.4, -0.2) is 28.3 Å². The summed E-state index contributed by atoms with van der Waals surface area (Å²) in [6.07, 6.45) is 3.34. The zero-order valence-corrected chi connectivity index (χ0v) is 18.8. The minimum absolute atomic E-state index is 0.0514. The van der Waals surface area contributed by atoms with Gasteiger partial charge in [-0.15, -0.1) is 0 Å². The van der Waals surface area contributed by atoms with Crippen molar-refractivity contribution in [3.8, 4) is 0 Å². The van der Waals surface area contributed by atoms with E-state index in [9.17, 15) is 18.0 Å². The third-order valence-electron chi connectivity index (χ3n) is 6.06. The molecule has 1 aliphatic rings. The fourth-order valence-electron chi connectivity index (χ4n) is 4.05. The van der Waals surface area contributed by atoms with E-state index < -0.39 is 12.6 Å². The number of benzene rings is 1. The summed E-state index contributed by atoms with van der Waals surface area (Å²) >= 11 is 0. The van der Waals surface area contributed by atoms with Gasteiger partial charge in [0.05, 0.1) is 17.9 Å². The number of aryl methyl sites for hydroxylation is 1. The Morgan fingerprint density at radius 2 is 2.00 bits per heavy atom. The summed E-state index contributed by atoms with van der Waals surface area (Å²) in [5.74, 6) is 0.160. The van der Waals surface area contributed by atoms with E-state index in [4.69, 9.17) is 4.74 Å². The number of fused-ring (bicyclic) bond motifs is 1. The van der Waals surface area contributed by atoms with Crippen molar-refractivity contribution in [3.05, 3.63) is 65.1 Å². The van der Waals surface area contributed by atoms with Crippen LogP contribution in [0, 0.1) is 0 Å². The highest BCUT2D eigenvalue weighted by molar-refractivity contribution is 5.91. The molecule has 1 aromatic carbocycles. The molecule has 0 saturated heterocycles. The lowest BCUT2D eigenvalue weighted by molar-refractivity contribution is -0.135. The molecule has 2 heterocycles. The van der Waals surface area contributed by atoms with Gasteiger partial charge in [0.15, 0.2) is 0 Å². The Bertz CT molecular complexity index is 1120. The first-order valence-electron chi connectivity index (χ1n) is 11.6. The Morgan fingerprint density at radius 1 is 1.18 bits per heavy atom. The standard InChI is InChI=1S/C26H29F3N2O2/c1-2-3-13-33-25(32)22-16-21(19-6-7-19)17-30-23(22)15-18-5-8-24-20(14-18)9-12-31(24)11-4-10-26(27,28)29/h5,8-9,12,14,16-17,19H,2-4,6-7,10-11,13,15H2,1H3. The van der Waals surface area contributed by atoms with Crippen LogP contribution in [0.2, 0.25) is 0 Å². The molecule has 0 N–H and O–H groups in total. The summed E-state index contributed by atoms with van der Waals surface area (Å²) in [5, 5.41) is 0.959. The van der Waals surface area contributed by atoms with Crippen LogP contribution < -0.4 is 0 Å². The first kappa shape index (κ1) is 23.3. The number of alkyl halides is 3. The molecule has 0 spiro atoms. The predicted octanol–water partition coefficient (Wildman–Crippen LogP) is 6.80. The minimum atomic E-state index is -4.13. The van der Waals surface area contributed by atoms with Crippen molar-refractivity contribution in [3.63, 3.8) is 0 Å². The van der Waals surface area contributed by atoms with Gasteiger partial charge >= 0.3 is 12.1 Å². The number of rotatable bonds is 10. The fourth-order valence-corrected chi connectivity index (χ4v) is 4.05. The SMILES string of the molecule is CCCCOC(=O)c1cc(C2CC2)cnc1Cc1ccc2c(ccn2CCCC(F)(F)F)c1. The Labute approximate surface area is 191 Å². The van der Waals surface area contributed by atoms with Gasteiger partial charge in [-0.1, -0.05) is 19.4 Å². The summed E-state index contributed by atoms with van der Waals surface area (Å²) in [6.45, 7) is 2.77. The smallest absolute Gasteiger partial charge is 0.389 e. The van der Waals surface area contributed by atoms with Crippen molar-refractivity contribution < 1.29 is 22.7 Å². The van der Waals surface area contributed by atoms with Crippen molar-refractivity contribution in [2.45, 2.75) is 70.5 Å². The number of carbonyl (C=O) groups excluding carboxylic acids is 1. The number of carbonyl (C=O) groups is 1. The Kier molecular flexibility index (Phi) is 7.05. The van der Waals surface area contributed by atoms with Crippen LogP contribution in [0.25, 0.3) is 10.9 Å². The molecule has 0 bridgehead atoms. The molecule has 2 aromatic heterocycles. The van der Waals surface area contributed by atoms with E-state index in [0.717, 1.165) is 47.7 Å². The van der Waals surface area contributed by atoms with Gasteiger partial charge in [-0.2, -0.15) is 13.2 Å². The Morgan fingerprint density at radius 3 is 2.73 bits per heavy atom. The lowest BCUT2D eigenvalue weighted by Gasteiger charge is -2.12. The second-order valence-corrected chi connectivity index (χ2v) is 8.82. The van der Waals surface area contributed by atoms with Gasteiger partial charge in [-0.25, -0.2) is 4.79 Å². The second-order valence-electron chi connectivity index (χ2n) is 8.82. The first-order chi connectivity index (χ1) is 15.8. The summed E-state index contributed by atoms with van der Waals surface area (Å²) in [5.41, 5.74) is 4.19. The van der Waals surface area contributed by atoms with Gasteiger partial charge in [-0.3, -0.25) is 4.98 Å². The topological polar surface area (TPSA) is 44.1 Å². The maximum atomic E-state index is 12.8. The van der Waals surface area contributed by atoms with Crippen molar-refractivity contribution >= 4 is 16.9 Å². The molecule has 3 aromatic rings. The molecular weight excluding hydrogens is 429 g/mol. The first-order valence-corrected chi connectivity index (χ1v) is 11.6. The van der Waals surface area contributed by atoms with E-state index in [1.54, 1.807) is 0 Å². The molecule has 0 radical (unpaired) electrons. The molecule has 4 nitrogen and oxygen atoms in total. The Hall–Kier alpha value is -2.83. The minimum Gasteiger partial charge on any atom is -0.462 e. The number of hydrogen-bond acceptors (Lipinski definition) is 3. The summed E-state index contributed by atoms with van der Waals surface area (Å²) < 4.78 is 44.7. The van der Waals surface area contributed by atoms with Crippen molar-refractivity contribution in [1.29, 1.82) is 0 Å². The normalized spacial score (nSPS) is 14.1. The summed E-state index contributed by atoms with van der Waals surface area (Å²) in [4.78, 5) is 17.4. The quantitative estimate of drug-likeness (QED) is 0.248. The average molecular weight is 459 g/mol. The number of pyridine rings is 1. The van der Waals surface area contributed by atoms with E-state index >= 15 is 0 Å². The van der Waals surface area contributed by atoms with Crippen LogP contribution in [0.15, 0.2) is 42.7 Å². The molecule has 0 atom stereocenters. The van der Waals surface area contributed by atoms with Crippen LogP contribution in [0.4, 0.5) is 13.2 Å². The van der Waals surface area contributed by atoms with E-state index in [1.807, 2.05) is 54.2 Å². The van der Waals surface area contributed by atoms with E-state index in [1.165, 1.54) is 0 Å². The molecule has 176 valence electrons. The lowest BCUT2D eigenvalue weighted by Crippen LogP contribution is -2.12. The number of aromatic nitrogens is 2. The van der Waals surface area contributed by atoms with E-state index in [2.05, 4.69) is 4.98 Å². The van der Waals surface area contributed by atoms with Crippen LogP contribution in [0.1, 0.15) is 78.5 Å². The molecular formula is C26H29F3N2O2. The largest absolute Gasteiger partial charge is 0.462 e. The highest BCUT2D eigenvalue weighted by atomic mass is 19.4. The number of halogens is 3. The fraction of sp³-hybridized carbons (Fsp3) is 0.462. The molecule has 1 saturated carbocycles. The third kappa shape index (κ3) is 6.15. The van der Waals surface area contributed by atoms with Crippen LogP contribution >= 0.6 is 0 Å². The van der Waals surface area contributed by atoms with Gasteiger partial charge in [-0.05, 0) is 72.4 Å². The van der Waals surface area contributed by atoms with Gasteiger partial charge in [0.25, 0.3) is 0 Å². The van der Waals surface area contributed by atoms with Gasteiger partial charge in [0.1, 0.15) is 0 Å². The maximum Gasteiger partial charge on any atom is 0.389 e. The van der Waals surface area contributed by atoms with Crippen LogP contribution in [0.3, 0.4) is 0 Å². The predicted molar refractivity (Wildman–Crippen MR) is 121 cm³/mol. The van der Waals surface area contributed by atoms with Crippen LogP contribution in [0.5, 0.6) is 0 Å². The highest BCUT2D eigenvalue weighted by Crippen LogP contribution is 2.40. The second kappa shape index (κ2) is 9.98. The number of ether oxygens (including phenoxy) is 1. The molecule has 0 unspecified atom stereocenters. The zero-order valence-electron chi connectivity index (χ0n) is 18.8. The number of unbranched alkanes of at least 4 members (excludes halogenated alkanes) is 1.